The summed E-state index contributed by atoms with van der Waals surface area (Å²) in [5.74, 6) is -0.799. The van der Waals surface area contributed by atoms with Gasteiger partial charge in [-0.15, -0.1) is 11.3 Å². The molecule has 1 aromatic heterocycles. The van der Waals surface area contributed by atoms with E-state index in [2.05, 4.69) is 30.7 Å². The Morgan fingerprint density at radius 1 is 1.26 bits per heavy atom. The van der Waals surface area contributed by atoms with E-state index in [0.29, 0.717) is 0 Å². The number of aryl methyl sites for hydroxylation is 1. The van der Waals surface area contributed by atoms with Gasteiger partial charge in [-0.2, -0.15) is 0 Å². The molecule has 0 fully saturated rings. The fraction of sp³-hybridized carbons (Fsp3) is 0.714. The normalized spacial score (nSPS) is 11.2. The van der Waals surface area contributed by atoms with Crippen LogP contribution in [0.2, 0.25) is 0 Å². The summed E-state index contributed by atoms with van der Waals surface area (Å²) in [4.78, 5) is 18.9. The number of aliphatic carboxylic acids is 1. The minimum absolute atomic E-state index is 0.0396. The van der Waals surface area contributed by atoms with Crippen LogP contribution in [0.15, 0.2) is 0 Å². The Balaban J connectivity index is 2.83. The van der Waals surface area contributed by atoms with Crippen molar-refractivity contribution >= 4 is 17.3 Å². The third-order valence-electron chi connectivity index (χ3n) is 2.89. The number of hydrogen-bond donors (Lipinski definition) is 1. The molecule has 0 bridgehead atoms. The first-order chi connectivity index (χ1) is 9.10. The van der Waals surface area contributed by atoms with Crippen LogP contribution in [0.3, 0.4) is 0 Å². The summed E-state index contributed by atoms with van der Waals surface area (Å²) < 4.78 is 0. The first-order valence-electron chi connectivity index (χ1n) is 7.02. The second kappa shape index (κ2) is 8.27. The molecule has 0 aliphatic rings. The molecular formula is C14H24N2O2S. The fourth-order valence-corrected chi connectivity index (χ4v) is 3.17. The Morgan fingerprint density at radius 3 is 2.37 bits per heavy atom. The summed E-state index contributed by atoms with van der Waals surface area (Å²) in [6.07, 6.45) is 3.15. The number of rotatable bonds is 9. The van der Waals surface area contributed by atoms with Crippen molar-refractivity contribution in [1.29, 1.82) is 0 Å². The van der Waals surface area contributed by atoms with Crippen molar-refractivity contribution < 1.29 is 9.90 Å². The highest BCUT2D eigenvalue weighted by atomic mass is 32.1. The van der Waals surface area contributed by atoms with Gasteiger partial charge in [0.05, 0.1) is 17.1 Å². The van der Waals surface area contributed by atoms with Crippen molar-refractivity contribution in [3.63, 3.8) is 0 Å². The average Bonchev–Trinajstić information content (AvgIpc) is 2.71. The molecule has 5 heteroatoms. The van der Waals surface area contributed by atoms with Gasteiger partial charge in [0.25, 0.3) is 0 Å². The Kier molecular flexibility index (Phi) is 7.02. The van der Waals surface area contributed by atoms with Gasteiger partial charge in [-0.3, -0.25) is 9.69 Å². The van der Waals surface area contributed by atoms with E-state index in [1.54, 1.807) is 11.3 Å². The van der Waals surface area contributed by atoms with Gasteiger partial charge < -0.3 is 5.11 Å². The molecule has 1 N–H and O–H groups in total. The van der Waals surface area contributed by atoms with Crippen LogP contribution in [-0.4, -0.2) is 34.0 Å². The molecule has 0 saturated carbocycles. The van der Waals surface area contributed by atoms with Crippen LogP contribution in [0.5, 0.6) is 0 Å². The maximum absolute atomic E-state index is 10.9. The molecule has 0 aromatic carbocycles. The largest absolute Gasteiger partial charge is 0.481 e. The molecule has 108 valence electrons. The highest BCUT2D eigenvalue weighted by Gasteiger charge is 2.15. The van der Waals surface area contributed by atoms with Gasteiger partial charge in [0, 0.05) is 11.4 Å². The lowest BCUT2D eigenvalue weighted by Crippen LogP contribution is -2.25. The molecule has 0 aliphatic heterocycles. The first kappa shape index (κ1) is 16.1. The molecule has 0 spiro atoms. The molecule has 0 amide bonds. The van der Waals surface area contributed by atoms with E-state index in [1.807, 2.05) is 0 Å². The molecule has 0 unspecified atom stereocenters. The molecule has 0 radical (unpaired) electrons. The predicted octanol–water partition coefficient (Wildman–Crippen LogP) is 2.95. The van der Waals surface area contributed by atoms with Gasteiger partial charge >= 0.3 is 5.97 Å². The Hall–Kier alpha value is -0.940. The van der Waals surface area contributed by atoms with Gasteiger partial charge in [0.15, 0.2) is 0 Å². The molecule has 0 atom stereocenters. The van der Waals surface area contributed by atoms with Crippen LogP contribution in [-0.2, 0) is 24.2 Å². The van der Waals surface area contributed by atoms with Crippen molar-refractivity contribution in [3.8, 4) is 0 Å². The van der Waals surface area contributed by atoms with E-state index < -0.39 is 5.97 Å². The van der Waals surface area contributed by atoms with Crippen molar-refractivity contribution in [2.45, 2.75) is 53.0 Å². The second-order valence-corrected chi connectivity index (χ2v) is 5.85. The Bertz CT molecular complexity index is 398. The van der Waals surface area contributed by atoms with Crippen LogP contribution >= 0.6 is 11.3 Å². The van der Waals surface area contributed by atoms with Gasteiger partial charge in [0.1, 0.15) is 0 Å². The van der Waals surface area contributed by atoms with Crippen LogP contribution in [0.1, 0.15) is 49.2 Å². The zero-order chi connectivity index (χ0) is 14.3. The van der Waals surface area contributed by atoms with Crippen molar-refractivity contribution in [2.24, 2.45) is 0 Å². The number of carboxylic acid groups (broad SMARTS) is 1. The molecule has 19 heavy (non-hydrogen) atoms. The van der Waals surface area contributed by atoms with E-state index >= 15 is 0 Å². The number of nitrogens with zero attached hydrogens (tertiary/aromatic N) is 2. The molecule has 1 aromatic rings. The Morgan fingerprint density at radius 2 is 1.89 bits per heavy atom. The van der Waals surface area contributed by atoms with E-state index in [9.17, 15) is 4.79 Å². The number of thiazole rings is 1. The first-order valence-corrected chi connectivity index (χ1v) is 7.83. The predicted molar refractivity (Wildman–Crippen MR) is 78.7 cm³/mol. The minimum Gasteiger partial charge on any atom is -0.481 e. The lowest BCUT2D eigenvalue weighted by atomic mass is 10.2. The topological polar surface area (TPSA) is 53.4 Å². The SMILES string of the molecule is CCCN(CCC)Cc1sc(CC)nc1CC(=O)O. The van der Waals surface area contributed by atoms with Crippen LogP contribution in [0.25, 0.3) is 0 Å². The monoisotopic (exact) mass is 284 g/mol. The summed E-state index contributed by atoms with van der Waals surface area (Å²) in [5, 5.41) is 10.0. The highest BCUT2D eigenvalue weighted by molar-refractivity contribution is 7.11. The van der Waals surface area contributed by atoms with Crippen LogP contribution in [0, 0.1) is 0 Å². The minimum atomic E-state index is -0.799. The van der Waals surface area contributed by atoms with E-state index in [4.69, 9.17) is 5.11 Å². The zero-order valence-electron chi connectivity index (χ0n) is 12.1. The summed E-state index contributed by atoms with van der Waals surface area (Å²) >= 11 is 1.67. The highest BCUT2D eigenvalue weighted by Crippen LogP contribution is 2.22. The zero-order valence-corrected chi connectivity index (χ0v) is 12.9. The van der Waals surface area contributed by atoms with Gasteiger partial charge in [-0.25, -0.2) is 4.98 Å². The molecule has 4 nitrogen and oxygen atoms in total. The van der Waals surface area contributed by atoms with E-state index in [0.717, 1.165) is 54.5 Å². The van der Waals surface area contributed by atoms with Gasteiger partial charge in [-0.05, 0) is 32.4 Å². The van der Waals surface area contributed by atoms with Gasteiger partial charge in [-0.1, -0.05) is 20.8 Å². The lowest BCUT2D eigenvalue weighted by molar-refractivity contribution is -0.136. The smallest absolute Gasteiger partial charge is 0.309 e. The van der Waals surface area contributed by atoms with Crippen molar-refractivity contribution in [2.75, 3.05) is 13.1 Å². The van der Waals surface area contributed by atoms with Crippen molar-refractivity contribution in [1.82, 2.24) is 9.88 Å². The van der Waals surface area contributed by atoms with E-state index in [-0.39, 0.29) is 6.42 Å². The second-order valence-electron chi connectivity index (χ2n) is 4.68. The quantitative estimate of drug-likeness (QED) is 0.757. The summed E-state index contributed by atoms with van der Waals surface area (Å²) in [5.41, 5.74) is 0.756. The molecule has 1 rings (SSSR count). The lowest BCUT2D eigenvalue weighted by Gasteiger charge is -2.20. The van der Waals surface area contributed by atoms with Crippen LogP contribution in [0.4, 0.5) is 0 Å². The molecule has 1 heterocycles. The summed E-state index contributed by atoms with van der Waals surface area (Å²) in [6, 6.07) is 0. The van der Waals surface area contributed by atoms with Crippen molar-refractivity contribution in [3.05, 3.63) is 15.6 Å². The van der Waals surface area contributed by atoms with Crippen LogP contribution < -0.4 is 0 Å². The average molecular weight is 284 g/mol. The maximum Gasteiger partial charge on any atom is 0.309 e. The van der Waals surface area contributed by atoms with Gasteiger partial charge in [0.2, 0.25) is 0 Å². The number of carbonyl (C=O) groups is 1. The van der Waals surface area contributed by atoms with E-state index in [1.165, 1.54) is 0 Å². The molecule has 0 aliphatic carbocycles. The fourth-order valence-electron chi connectivity index (χ4n) is 2.10. The maximum atomic E-state index is 10.9. The standard InChI is InChI=1S/C14H24N2O2S/c1-4-7-16(8-5-2)10-12-11(9-14(17)18)15-13(6-3)19-12/h4-10H2,1-3H3,(H,17,18). The molecular weight excluding hydrogens is 260 g/mol. The third-order valence-corrected chi connectivity index (χ3v) is 4.12. The summed E-state index contributed by atoms with van der Waals surface area (Å²) in [7, 11) is 0. The number of hydrogen-bond acceptors (Lipinski definition) is 4. The summed E-state index contributed by atoms with van der Waals surface area (Å²) in [6.45, 7) is 9.35. The molecule has 0 saturated heterocycles. The number of carboxylic acids is 1. The third kappa shape index (κ3) is 5.28. The number of aromatic nitrogens is 1. The Labute approximate surface area is 119 Å².